The first-order valence-electron chi connectivity index (χ1n) is 8.14. The fourth-order valence-corrected chi connectivity index (χ4v) is 4.06. The van der Waals surface area contributed by atoms with Gasteiger partial charge >= 0.3 is 0 Å². The summed E-state index contributed by atoms with van der Waals surface area (Å²) in [7, 11) is 0. The number of nitrogens with zero attached hydrogens (tertiary/aromatic N) is 4. The van der Waals surface area contributed by atoms with Crippen LogP contribution in [0.15, 0.2) is 29.5 Å². The van der Waals surface area contributed by atoms with Crippen molar-refractivity contribution < 1.29 is 14.3 Å². The number of hydrogen-bond acceptors (Lipinski definition) is 6. The van der Waals surface area contributed by atoms with Crippen molar-refractivity contribution in [1.29, 1.82) is 0 Å². The van der Waals surface area contributed by atoms with Gasteiger partial charge in [0.15, 0.2) is 0 Å². The van der Waals surface area contributed by atoms with Gasteiger partial charge in [-0.25, -0.2) is 4.98 Å². The molecule has 2 fully saturated rings. The number of aromatic nitrogens is 3. The van der Waals surface area contributed by atoms with Gasteiger partial charge in [-0.2, -0.15) is 16.4 Å². The molecule has 7 nitrogen and oxygen atoms in total. The number of carbonyl (C=O) groups excluding carboxylic acids is 1. The topological polar surface area (TPSA) is 69.5 Å². The van der Waals surface area contributed by atoms with Gasteiger partial charge < -0.3 is 14.4 Å². The van der Waals surface area contributed by atoms with E-state index in [4.69, 9.17) is 9.47 Å². The Kier molecular flexibility index (Phi) is 4.34. The fraction of sp³-hybridized carbons (Fsp3) is 0.562. The molecule has 2 aliphatic heterocycles. The van der Waals surface area contributed by atoms with Gasteiger partial charge in [0.2, 0.25) is 0 Å². The molecule has 2 aromatic heterocycles. The molecule has 2 saturated heterocycles. The van der Waals surface area contributed by atoms with Gasteiger partial charge in [0, 0.05) is 11.9 Å². The lowest BCUT2D eigenvalue weighted by molar-refractivity contribution is -0.0881. The van der Waals surface area contributed by atoms with Crippen molar-refractivity contribution in [2.24, 2.45) is 0 Å². The van der Waals surface area contributed by atoms with Crippen molar-refractivity contribution >= 4 is 17.2 Å². The van der Waals surface area contributed by atoms with Crippen molar-refractivity contribution in [3.8, 4) is 0 Å². The van der Waals surface area contributed by atoms with E-state index >= 15 is 0 Å². The second-order valence-electron chi connectivity index (χ2n) is 6.37. The molecule has 2 atom stereocenters. The zero-order valence-electron chi connectivity index (χ0n) is 13.3. The molecule has 24 heavy (non-hydrogen) atoms. The number of carbonyl (C=O) groups is 1. The molecule has 1 amide bonds. The van der Waals surface area contributed by atoms with E-state index in [-0.39, 0.29) is 12.0 Å². The SMILES string of the molecule is O=C(c1ccsc1)N1CCOC[C@]2(CC[C@@H](Cn3cncn3)O2)C1. The van der Waals surface area contributed by atoms with Gasteiger partial charge in [0.1, 0.15) is 18.3 Å². The van der Waals surface area contributed by atoms with Crippen LogP contribution < -0.4 is 0 Å². The number of rotatable bonds is 3. The molecule has 4 heterocycles. The first-order chi connectivity index (χ1) is 11.7. The van der Waals surface area contributed by atoms with Gasteiger partial charge in [-0.05, 0) is 24.3 Å². The van der Waals surface area contributed by atoms with E-state index in [9.17, 15) is 4.79 Å². The first-order valence-corrected chi connectivity index (χ1v) is 9.08. The van der Waals surface area contributed by atoms with E-state index in [1.54, 1.807) is 11.0 Å². The Hall–Kier alpha value is -1.77. The second kappa shape index (κ2) is 6.62. The third-order valence-electron chi connectivity index (χ3n) is 4.60. The van der Waals surface area contributed by atoms with Crippen LogP contribution >= 0.6 is 11.3 Å². The van der Waals surface area contributed by atoms with Crippen LogP contribution in [0.4, 0.5) is 0 Å². The van der Waals surface area contributed by atoms with E-state index < -0.39 is 5.60 Å². The highest BCUT2D eigenvalue weighted by Gasteiger charge is 2.44. The van der Waals surface area contributed by atoms with Gasteiger partial charge in [-0.15, -0.1) is 0 Å². The minimum Gasteiger partial charge on any atom is -0.377 e. The first kappa shape index (κ1) is 15.7. The van der Waals surface area contributed by atoms with Crippen molar-refractivity contribution in [3.63, 3.8) is 0 Å². The van der Waals surface area contributed by atoms with Crippen molar-refractivity contribution in [1.82, 2.24) is 19.7 Å². The normalized spacial score (nSPS) is 27.5. The number of amides is 1. The molecule has 128 valence electrons. The molecule has 2 aromatic rings. The van der Waals surface area contributed by atoms with E-state index in [1.807, 2.05) is 21.7 Å². The van der Waals surface area contributed by atoms with Crippen molar-refractivity contribution in [2.45, 2.75) is 31.1 Å². The van der Waals surface area contributed by atoms with Gasteiger partial charge in [0.05, 0.1) is 38.0 Å². The van der Waals surface area contributed by atoms with Crippen LogP contribution in [0, 0.1) is 0 Å². The maximum absolute atomic E-state index is 12.7. The predicted molar refractivity (Wildman–Crippen MR) is 87.9 cm³/mol. The average molecular weight is 348 g/mol. The van der Waals surface area contributed by atoms with E-state index in [0.717, 1.165) is 18.4 Å². The highest BCUT2D eigenvalue weighted by atomic mass is 32.1. The summed E-state index contributed by atoms with van der Waals surface area (Å²) < 4.78 is 13.9. The predicted octanol–water partition coefficient (Wildman–Crippen LogP) is 1.43. The Morgan fingerprint density at radius 3 is 3.25 bits per heavy atom. The van der Waals surface area contributed by atoms with E-state index in [0.29, 0.717) is 32.8 Å². The zero-order valence-corrected chi connectivity index (χ0v) is 14.2. The largest absolute Gasteiger partial charge is 0.377 e. The lowest BCUT2D eigenvalue weighted by Crippen LogP contribution is -2.46. The van der Waals surface area contributed by atoms with Crippen LogP contribution in [-0.4, -0.2) is 63.6 Å². The van der Waals surface area contributed by atoms with Crippen LogP contribution in [0.25, 0.3) is 0 Å². The quantitative estimate of drug-likeness (QED) is 0.839. The average Bonchev–Trinajstić information content (AvgIpc) is 3.30. The van der Waals surface area contributed by atoms with Crippen molar-refractivity contribution in [3.05, 3.63) is 35.0 Å². The van der Waals surface area contributed by atoms with Gasteiger partial charge in [-0.1, -0.05) is 0 Å². The van der Waals surface area contributed by atoms with E-state index in [2.05, 4.69) is 10.1 Å². The van der Waals surface area contributed by atoms with Crippen LogP contribution in [0.3, 0.4) is 0 Å². The number of thiophene rings is 1. The summed E-state index contributed by atoms with van der Waals surface area (Å²) in [6, 6.07) is 1.87. The highest BCUT2D eigenvalue weighted by molar-refractivity contribution is 7.08. The van der Waals surface area contributed by atoms with Crippen LogP contribution in [-0.2, 0) is 16.0 Å². The second-order valence-corrected chi connectivity index (χ2v) is 7.15. The fourth-order valence-electron chi connectivity index (χ4n) is 3.43. The maximum Gasteiger partial charge on any atom is 0.254 e. The van der Waals surface area contributed by atoms with E-state index in [1.165, 1.54) is 17.7 Å². The molecular formula is C16H20N4O3S. The molecule has 0 bridgehead atoms. The molecule has 8 heteroatoms. The summed E-state index contributed by atoms with van der Waals surface area (Å²) in [5, 5.41) is 7.96. The Morgan fingerprint density at radius 2 is 2.46 bits per heavy atom. The van der Waals surface area contributed by atoms with Crippen LogP contribution in [0.2, 0.25) is 0 Å². The van der Waals surface area contributed by atoms with Crippen molar-refractivity contribution in [2.75, 3.05) is 26.3 Å². The molecule has 0 radical (unpaired) electrons. The molecule has 2 aliphatic rings. The Labute approximate surface area is 144 Å². The molecule has 0 aromatic carbocycles. The number of hydrogen-bond donors (Lipinski definition) is 0. The summed E-state index contributed by atoms with van der Waals surface area (Å²) in [6.07, 6.45) is 5.13. The minimum absolute atomic E-state index is 0.0597. The smallest absolute Gasteiger partial charge is 0.254 e. The van der Waals surface area contributed by atoms with Gasteiger partial charge in [-0.3, -0.25) is 9.48 Å². The molecule has 0 unspecified atom stereocenters. The Bertz CT molecular complexity index is 676. The summed E-state index contributed by atoms with van der Waals surface area (Å²) >= 11 is 1.54. The number of ether oxygens (including phenoxy) is 2. The molecular weight excluding hydrogens is 328 g/mol. The Balaban J connectivity index is 1.45. The molecule has 4 rings (SSSR count). The van der Waals surface area contributed by atoms with Crippen LogP contribution in [0.5, 0.6) is 0 Å². The lowest BCUT2D eigenvalue weighted by Gasteiger charge is -2.31. The molecule has 0 N–H and O–H groups in total. The van der Waals surface area contributed by atoms with Crippen LogP contribution in [0.1, 0.15) is 23.2 Å². The summed E-state index contributed by atoms with van der Waals surface area (Å²) in [5.74, 6) is 0.0597. The zero-order chi connectivity index (χ0) is 16.4. The Morgan fingerprint density at radius 1 is 1.50 bits per heavy atom. The van der Waals surface area contributed by atoms with Gasteiger partial charge in [0.25, 0.3) is 5.91 Å². The molecule has 0 saturated carbocycles. The third kappa shape index (κ3) is 3.22. The molecule has 1 spiro atoms. The summed E-state index contributed by atoms with van der Waals surface area (Å²) in [6.45, 7) is 2.95. The highest BCUT2D eigenvalue weighted by Crippen LogP contribution is 2.34. The lowest BCUT2D eigenvalue weighted by atomic mass is 10.00. The monoisotopic (exact) mass is 348 g/mol. The minimum atomic E-state index is -0.409. The molecule has 0 aliphatic carbocycles. The summed E-state index contributed by atoms with van der Waals surface area (Å²) in [5.41, 5.74) is 0.335. The summed E-state index contributed by atoms with van der Waals surface area (Å²) in [4.78, 5) is 18.5. The third-order valence-corrected chi connectivity index (χ3v) is 5.28. The maximum atomic E-state index is 12.7. The standard InChI is InChI=1S/C16H20N4O3S/c21-15(13-2-6-24-8-13)19-4-5-22-10-16(9-19)3-1-14(23-16)7-20-12-17-11-18-20/h2,6,8,11-12,14H,1,3-5,7,9-10H2/t14-,16-/m0/s1.